The van der Waals surface area contributed by atoms with E-state index >= 15 is 0 Å². The molecular weight excluding hydrogens is 310 g/mol. The molecule has 1 rings (SSSR count). The second-order valence-corrected chi connectivity index (χ2v) is 4.96. The van der Waals surface area contributed by atoms with Gasteiger partial charge < -0.3 is 19.5 Å². The number of ether oxygens (including phenoxy) is 3. The molecule has 6 nitrogen and oxygen atoms in total. The second kappa shape index (κ2) is 12.1. The summed E-state index contributed by atoms with van der Waals surface area (Å²) >= 11 is 0. The van der Waals surface area contributed by atoms with Crippen LogP contribution in [-0.4, -0.2) is 37.9 Å². The Balaban J connectivity index is 2.39. The van der Waals surface area contributed by atoms with Gasteiger partial charge in [0.25, 0.3) is 0 Å². The fourth-order valence-electron chi connectivity index (χ4n) is 1.79. The molecule has 1 amide bonds. The summed E-state index contributed by atoms with van der Waals surface area (Å²) in [5.41, 5.74) is 0.911. The highest BCUT2D eigenvalue weighted by Crippen LogP contribution is 2.01. The van der Waals surface area contributed by atoms with Crippen LogP contribution in [0.4, 0.5) is 4.79 Å². The van der Waals surface area contributed by atoms with E-state index in [1.807, 2.05) is 37.3 Å². The SMILES string of the molecule is CCCO[C@H](C=CC(=O)OCC)CNC(=O)OCc1ccccc1. The minimum absolute atomic E-state index is 0.200. The molecule has 132 valence electrons. The topological polar surface area (TPSA) is 73.9 Å². The number of carbonyl (C=O) groups is 2. The number of amides is 1. The molecule has 0 aromatic heterocycles. The summed E-state index contributed by atoms with van der Waals surface area (Å²) in [5.74, 6) is -0.436. The molecule has 1 N–H and O–H groups in total. The molecule has 0 bridgehead atoms. The van der Waals surface area contributed by atoms with Gasteiger partial charge >= 0.3 is 12.1 Å². The predicted octanol–water partition coefficient (Wildman–Crippen LogP) is 2.83. The summed E-state index contributed by atoms with van der Waals surface area (Å²) in [4.78, 5) is 23.1. The van der Waals surface area contributed by atoms with Crippen LogP contribution in [0, 0.1) is 0 Å². The molecule has 0 radical (unpaired) electrons. The van der Waals surface area contributed by atoms with Crippen LogP contribution in [0.2, 0.25) is 0 Å². The third-order valence-electron chi connectivity index (χ3n) is 2.93. The average Bonchev–Trinajstić information content (AvgIpc) is 2.60. The van der Waals surface area contributed by atoms with Gasteiger partial charge in [-0.2, -0.15) is 0 Å². The zero-order valence-corrected chi connectivity index (χ0v) is 14.2. The molecule has 0 fully saturated rings. The van der Waals surface area contributed by atoms with Crippen molar-refractivity contribution in [1.82, 2.24) is 5.32 Å². The van der Waals surface area contributed by atoms with Gasteiger partial charge in [0.15, 0.2) is 0 Å². The van der Waals surface area contributed by atoms with Crippen LogP contribution >= 0.6 is 0 Å². The molecule has 24 heavy (non-hydrogen) atoms. The van der Waals surface area contributed by atoms with Gasteiger partial charge in [0.1, 0.15) is 6.61 Å². The highest BCUT2D eigenvalue weighted by molar-refractivity contribution is 5.82. The Hall–Kier alpha value is -2.34. The van der Waals surface area contributed by atoms with Gasteiger partial charge in [-0.25, -0.2) is 9.59 Å². The smallest absolute Gasteiger partial charge is 0.407 e. The first kappa shape index (κ1) is 19.7. The van der Waals surface area contributed by atoms with Crippen molar-refractivity contribution in [1.29, 1.82) is 0 Å². The van der Waals surface area contributed by atoms with Crippen molar-refractivity contribution in [2.75, 3.05) is 19.8 Å². The summed E-state index contributed by atoms with van der Waals surface area (Å²) in [7, 11) is 0. The van der Waals surface area contributed by atoms with E-state index in [1.54, 1.807) is 13.0 Å². The Kier molecular flexibility index (Phi) is 9.96. The predicted molar refractivity (Wildman–Crippen MR) is 90.4 cm³/mol. The first-order valence-electron chi connectivity index (χ1n) is 8.06. The quantitative estimate of drug-likeness (QED) is 0.526. The Morgan fingerprint density at radius 3 is 2.58 bits per heavy atom. The molecule has 0 heterocycles. The summed E-state index contributed by atoms with van der Waals surface area (Å²) in [5, 5.41) is 2.63. The molecule has 0 aliphatic rings. The van der Waals surface area contributed by atoms with Crippen molar-refractivity contribution in [2.24, 2.45) is 0 Å². The fraction of sp³-hybridized carbons (Fsp3) is 0.444. The van der Waals surface area contributed by atoms with Crippen LogP contribution in [-0.2, 0) is 25.6 Å². The van der Waals surface area contributed by atoms with Crippen LogP contribution in [0.3, 0.4) is 0 Å². The summed E-state index contributed by atoms with van der Waals surface area (Å²) in [6.45, 7) is 4.97. The number of hydrogen-bond donors (Lipinski definition) is 1. The highest BCUT2D eigenvalue weighted by Gasteiger charge is 2.09. The zero-order chi connectivity index (χ0) is 17.6. The second-order valence-electron chi connectivity index (χ2n) is 4.96. The monoisotopic (exact) mass is 335 g/mol. The Morgan fingerprint density at radius 2 is 1.92 bits per heavy atom. The maximum atomic E-state index is 11.7. The van der Waals surface area contributed by atoms with Crippen molar-refractivity contribution in [2.45, 2.75) is 33.0 Å². The molecule has 0 spiro atoms. The minimum Gasteiger partial charge on any atom is -0.463 e. The lowest BCUT2D eigenvalue weighted by atomic mass is 10.2. The van der Waals surface area contributed by atoms with Crippen molar-refractivity contribution < 1.29 is 23.8 Å². The summed E-state index contributed by atoms with van der Waals surface area (Å²) < 4.78 is 15.5. The maximum absolute atomic E-state index is 11.7. The zero-order valence-electron chi connectivity index (χ0n) is 14.2. The lowest BCUT2D eigenvalue weighted by Gasteiger charge is -2.14. The summed E-state index contributed by atoms with van der Waals surface area (Å²) in [6, 6.07) is 9.41. The number of nitrogens with one attached hydrogen (secondary N) is 1. The molecule has 0 aliphatic carbocycles. The van der Waals surface area contributed by atoms with Gasteiger partial charge in [0.2, 0.25) is 0 Å². The normalized spacial score (nSPS) is 11.9. The van der Waals surface area contributed by atoms with Crippen LogP contribution in [0.1, 0.15) is 25.8 Å². The Labute approximate surface area is 142 Å². The number of hydrogen-bond acceptors (Lipinski definition) is 5. The van der Waals surface area contributed by atoms with Crippen LogP contribution in [0.15, 0.2) is 42.5 Å². The minimum atomic E-state index is -0.534. The van der Waals surface area contributed by atoms with E-state index in [0.717, 1.165) is 12.0 Å². The molecule has 0 unspecified atom stereocenters. The fourth-order valence-corrected chi connectivity index (χ4v) is 1.79. The lowest BCUT2D eigenvalue weighted by Crippen LogP contribution is -2.33. The van der Waals surface area contributed by atoms with E-state index in [-0.39, 0.29) is 13.2 Å². The van der Waals surface area contributed by atoms with Crippen molar-refractivity contribution in [3.05, 3.63) is 48.0 Å². The number of carbonyl (C=O) groups excluding carboxylic acids is 2. The molecule has 0 saturated carbocycles. The van der Waals surface area contributed by atoms with Crippen molar-refractivity contribution >= 4 is 12.1 Å². The first-order chi connectivity index (χ1) is 11.7. The Morgan fingerprint density at radius 1 is 1.17 bits per heavy atom. The maximum Gasteiger partial charge on any atom is 0.407 e. The van der Waals surface area contributed by atoms with Gasteiger partial charge in [0, 0.05) is 12.7 Å². The van der Waals surface area contributed by atoms with Gasteiger partial charge in [0.05, 0.1) is 19.3 Å². The van der Waals surface area contributed by atoms with Crippen LogP contribution < -0.4 is 5.32 Å². The Bertz CT molecular complexity index is 515. The van der Waals surface area contributed by atoms with Gasteiger partial charge in [-0.05, 0) is 25.0 Å². The van der Waals surface area contributed by atoms with Crippen LogP contribution in [0.25, 0.3) is 0 Å². The van der Waals surface area contributed by atoms with E-state index in [4.69, 9.17) is 14.2 Å². The third kappa shape index (κ3) is 8.95. The van der Waals surface area contributed by atoms with Crippen molar-refractivity contribution in [3.63, 3.8) is 0 Å². The summed E-state index contributed by atoms with van der Waals surface area (Å²) in [6.07, 6.45) is 2.76. The number of rotatable bonds is 10. The van der Waals surface area contributed by atoms with E-state index in [1.165, 1.54) is 6.08 Å². The standard InChI is InChI=1S/C18H25NO5/c1-3-12-23-16(10-11-17(20)22-4-2)13-19-18(21)24-14-15-8-6-5-7-9-15/h5-11,16H,3-4,12-14H2,1-2H3,(H,19,21)/t16-/m1/s1. The third-order valence-corrected chi connectivity index (χ3v) is 2.93. The van der Waals surface area contributed by atoms with Gasteiger partial charge in [-0.3, -0.25) is 0 Å². The number of alkyl carbamates (subject to hydrolysis) is 1. The first-order valence-corrected chi connectivity index (χ1v) is 8.06. The molecule has 0 aliphatic heterocycles. The highest BCUT2D eigenvalue weighted by atomic mass is 16.5. The van der Waals surface area contributed by atoms with Gasteiger partial charge in [-0.15, -0.1) is 0 Å². The molecule has 6 heteroatoms. The van der Waals surface area contributed by atoms with Crippen LogP contribution in [0.5, 0.6) is 0 Å². The van der Waals surface area contributed by atoms with E-state index in [2.05, 4.69) is 5.32 Å². The molecule has 0 saturated heterocycles. The van der Waals surface area contributed by atoms with Crippen molar-refractivity contribution in [3.8, 4) is 0 Å². The molecule has 1 aromatic carbocycles. The van der Waals surface area contributed by atoms with E-state index in [0.29, 0.717) is 13.2 Å². The molecule has 1 aromatic rings. The molecular formula is C18H25NO5. The van der Waals surface area contributed by atoms with E-state index in [9.17, 15) is 9.59 Å². The van der Waals surface area contributed by atoms with E-state index < -0.39 is 18.2 Å². The molecule has 1 atom stereocenters. The average molecular weight is 335 g/mol. The largest absolute Gasteiger partial charge is 0.463 e. The number of benzene rings is 1. The number of esters is 1. The van der Waals surface area contributed by atoms with Gasteiger partial charge in [-0.1, -0.05) is 37.3 Å². The lowest BCUT2D eigenvalue weighted by molar-refractivity contribution is -0.137.